The van der Waals surface area contributed by atoms with Gasteiger partial charge in [0, 0.05) is 28.1 Å². The fourth-order valence-corrected chi connectivity index (χ4v) is 5.88. The maximum Gasteiger partial charge on any atom is 0.254 e. The van der Waals surface area contributed by atoms with Crippen LogP contribution in [0, 0.1) is 0 Å². The highest BCUT2D eigenvalue weighted by Gasteiger charge is 2.35. The van der Waals surface area contributed by atoms with Crippen molar-refractivity contribution >= 4 is 38.8 Å². The van der Waals surface area contributed by atoms with Crippen LogP contribution in [0.2, 0.25) is 0 Å². The lowest BCUT2D eigenvalue weighted by Crippen LogP contribution is -2.40. The van der Waals surface area contributed by atoms with Crippen LogP contribution in [0.5, 0.6) is 0 Å². The molecule has 0 radical (unpaired) electrons. The van der Waals surface area contributed by atoms with Crippen LogP contribution < -0.4 is 5.32 Å². The molecule has 2 heterocycles. The zero-order chi connectivity index (χ0) is 22.9. The standard InChI is InChI=1S/C23H20N2O5S2/c1-2-25(14-21(26)24-13-16-6-5-11-31-16)23(28)15-9-10-18-20(12-15)32(29,30)19-8-4-3-7-17(19)22(18)27/h3-12H,2,13-14H2,1H3,(H,24,26). The zero-order valence-electron chi connectivity index (χ0n) is 17.2. The molecule has 3 aromatic rings. The number of likely N-dealkylation sites (N-methyl/N-ethyl adjacent to an activating group) is 1. The predicted octanol–water partition coefficient (Wildman–Crippen LogP) is 2.90. The number of nitrogens with one attached hydrogen (secondary N) is 1. The van der Waals surface area contributed by atoms with Crippen molar-refractivity contribution in [3.05, 3.63) is 81.5 Å². The third-order valence-electron chi connectivity index (χ3n) is 5.23. The fourth-order valence-electron chi connectivity index (χ4n) is 3.56. The zero-order valence-corrected chi connectivity index (χ0v) is 18.8. The highest BCUT2D eigenvalue weighted by molar-refractivity contribution is 7.91. The Morgan fingerprint density at radius 1 is 1.00 bits per heavy atom. The third kappa shape index (κ3) is 3.96. The normalized spacial score (nSPS) is 13.7. The van der Waals surface area contributed by atoms with Gasteiger partial charge in [0.1, 0.15) is 0 Å². The SMILES string of the molecule is CCN(CC(=O)NCc1cccs1)C(=O)c1ccc2c(c1)S(=O)(=O)c1ccccc1C2=O. The van der Waals surface area contributed by atoms with Crippen LogP contribution >= 0.6 is 11.3 Å². The first-order valence-corrected chi connectivity index (χ1v) is 12.3. The highest BCUT2D eigenvalue weighted by atomic mass is 32.2. The van der Waals surface area contributed by atoms with Crippen molar-refractivity contribution in [3.63, 3.8) is 0 Å². The van der Waals surface area contributed by atoms with Crippen LogP contribution in [0.4, 0.5) is 0 Å². The van der Waals surface area contributed by atoms with Gasteiger partial charge < -0.3 is 10.2 Å². The molecule has 9 heteroatoms. The van der Waals surface area contributed by atoms with Crippen molar-refractivity contribution in [1.29, 1.82) is 0 Å². The molecular weight excluding hydrogens is 448 g/mol. The number of hydrogen-bond acceptors (Lipinski definition) is 6. The van der Waals surface area contributed by atoms with Crippen molar-refractivity contribution in [2.24, 2.45) is 0 Å². The molecule has 32 heavy (non-hydrogen) atoms. The summed E-state index contributed by atoms with van der Waals surface area (Å²) in [5.74, 6) is -1.20. The minimum atomic E-state index is -3.95. The Bertz CT molecular complexity index is 1310. The van der Waals surface area contributed by atoms with E-state index in [1.54, 1.807) is 19.1 Å². The molecule has 164 valence electrons. The van der Waals surface area contributed by atoms with E-state index in [2.05, 4.69) is 5.32 Å². The largest absolute Gasteiger partial charge is 0.350 e. The lowest BCUT2D eigenvalue weighted by atomic mass is 10.0. The van der Waals surface area contributed by atoms with Gasteiger partial charge in [-0.25, -0.2) is 8.42 Å². The quantitative estimate of drug-likeness (QED) is 0.469. The monoisotopic (exact) mass is 468 g/mol. The van der Waals surface area contributed by atoms with Crippen molar-refractivity contribution in [2.75, 3.05) is 13.1 Å². The molecule has 1 N–H and O–H groups in total. The molecule has 2 aromatic carbocycles. The Labute approximate surface area is 189 Å². The Hall–Kier alpha value is -3.30. The summed E-state index contributed by atoms with van der Waals surface area (Å²) < 4.78 is 26.2. The average Bonchev–Trinajstić information content (AvgIpc) is 3.33. The lowest BCUT2D eigenvalue weighted by Gasteiger charge is -2.22. The predicted molar refractivity (Wildman–Crippen MR) is 120 cm³/mol. The van der Waals surface area contributed by atoms with E-state index >= 15 is 0 Å². The number of hydrogen-bond donors (Lipinski definition) is 1. The number of ketones is 1. The molecule has 1 aromatic heterocycles. The summed E-state index contributed by atoms with van der Waals surface area (Å²) in [6.07, 6.45) is 0. The number of sulfone groups is 1. The van der Waals surface area contributed by atoms with E-state index in [-0.39, 0.29) is 45.5 Å². The molecule has 0 bridgehead atoms. The summed E-state index contributed by atoms with van der Waals surface area (Å²) in [7, 11) is -3.95. The molecular formula is C23H20N2O5S2. The second-order valence-corrected chi connectivity index (χ2v) is 10.1. The Morgan fingerprint density at radius 2 is 1.75 bits per heavy atom. The summed E-state index contributed by atoms with van der Waals surface area (Å²) >= 11 is 1.52. The third-order valence-corrected chi connectivity index (χ3v) is 7.96. The van der Waals surface area contributed by atoms with Crippen LogP contribution in [-0.4, -0.2) is 44.0 Å². The Balaban J connectivity index is 1.57. The maximum absolute atomic E-state index is 13.1. The molecule has 1 aliphatic heterocycles. The van der Waals surface area contributed by atoms with Crippen molar-refractivity contribution in [3.8, 4) is 0 Å². The van der Waals surface area contributed by atoms with Crippen molar-refractivity contribution < 1.29 is 22.8 Å². The van der Waals surface area contributed by atoms with E-state index < -0.39 is 21.5 Å². The fraction of sp³-hybridized carbons (Fsp3) is 0.174. The number of carbonyl (C=O) groups is 3. The topological polar surface area (TPSA) is 101 Å². The molecule has 4 rings (SSSR count). The van der Waals surface area contributed by atoms with Crippen LogP contribution in [0.3, 0.4) is 0 Å². The van der Waals surface area contributed by atoms with Gasteiger partial charge in [-0.1, -0.05) is 18.2 Å². The Morgan fingerprint density at radius 3 is 2.47 bits per heavy atom. The van der Waals surface area contributed by atoms with Gasteiger partial charge in [0.2, 0.25) is 15.7 Å². The minimum absolute atomic E-state index is 0.0389. The minimum Gasteiger partial charge on any atom is -0.350 e. The second kappa shape index (κ2) is 8.68. The van der Waals surface area contributed by atoms with E-state index in [0.717, 1.165) is 4.88 Å². The first-order chi connectivity index (χ1) is 15.3. The number of benzene rings is 2. The molecule has 0 fully saturated rings. The van der Waals surface area contributed by atoms with Crippen LogP contribution in [0.25, 0.3) is 0 Å². The summed E-state index contributed by atoms with van der Waals surface area (Å²) in [5, 5.41) is 4.69. The van der Waals surface area contributed by atoms with Crippen LogP contribution in [0.1, 0.15) is 38.1 Å². The van der Waals surface area contributed by atoms with E-state index in [1.165, 1.54) is 46.6 Å². The van der Waals surface area contributed by atoms with Gasteiger partial charge in [-0.15, -0.1) is 11.3 Å². The molecule has 0 unspecified atom stereocenters. The van der Waals surface area contributed by atoms with E-state index in [1.807, 2.05) is 17.5 Å². The summed E-state index contributed by atoms with van der Waals surface area (Å²) in [6, 6.07) is 13.8. The molecule has 0 atom stereocenters. The molecule has 2 amide bonds. The maximum atomic E-state index is 13.1. The molecule has 0 spiro atoms. The van der Waals surface area contributed by atoms with E-state index in [0.29, 0.717) is 6.54 Å². The number of carbonyl (C=O) groups excluding carboxylic acids is 3. The first kappa shape index (κ1) is 21.9. The van der Waals surface area contributed by atoms with Gasteiger partial charge in [0.15, 0.2) is 5.78 Å². The molecule has 0 saturated heterocycles. The molecule has 1 aliphatic rings. The van der Waals surface area contributed by atoms with E-state index in [4.69, 9.17) is 0 Å². The second-order valence-electron chi connectivity index (χ2n) is 7.22. The van der Waals surface area contributed by atoms with Gasteiger partial charge in [0.25, 0.3) is 5.91 Å². The van der Waals surface area contributed by atoms with Gasteiger partial charge in [-0.05, 0) is 48.7 Å². The number of nitrogens with zero attached hydrogens (tertiary/aromatic N) is 1. The van der Waals surface area contributed by atoms with Gasteiger partial charge in [0.05, 0.1) is 22.9 Å². The van der Waals surface area contributed by atoms with Crippen LogP contribution in [-0.2, 0) is 21.2 Å². The number of thiophene rings is 1. The average molecular weight is 469 g/mol. The Kier molecular flexibility index (Phi) is 5.94. The van der Waals surface area contributed by atoms with Gasteiger partial charge in [-0.3, -0.25) is 14.4 Å². The molecule has 0 aliphatic carbocycles. The number of rotatable bonds is 6. The summed E-state index contributed by atoms with van der Waals surface area (Å²) in [5.41, 5.74) is 0.265. The molecule has 7 nitrogen and oxygen atoms in total. The summed E-state index contributed by atoms with van der Waals surface area (Å²) in [6.45, 7) is 2.21. The van der Waals surface area contributed by atoms with Crippen LogP contribution in [0.15, 0.2) is 69.8 Å². The number of amides is 2. The van der Waals surface area contributed by atoms with Crippen molar-refractivity contribution in [1.82, 2.24) is 10.2 Å². The molecule has 0 saturated carbocycles. The smallest absolute Gasteiger partial charge is 0.254 e. The highest BCUT2D eigenvalue weighted by Crippen LogP contribution is 2.34. The van der Waals surface area contributed by atoms with Gasteiger partial charge in [-0.2, -0.15) is 0 Å². The summed E-state index contributed by atoms with van der Waals surface area (Å²) in [4.78, 5) is 40.2. The first-order valence-electron chi connectivity index (χ1n) is 9.94. The number of fused-ring (bicyclic) bond motifs is 2. The lowest BCUT2D eigenvalue weighted by molar-refractivity contribution is -0.121. The van der Waals surface area contributed by atoms with Crippen molar-refractivity contribution in [2.45, 2.75) is 23.3 Å². The van der Waals surface area contributed by atoms with Gasteiger partial charge >= 0.3 is 0 Å². The van der Waals surface area contributed by atoms with E-state index in [9.17, 15) is 22.8 Å².